The third kappa shape index (κ3) is 5.64. The molecule has 3 amide bonds. The average Bonchev–Trinajstić information content (AvgIpc) is 3.05. The fourth-order valence-corrected chi connectivity index (χ4v) is 3.21. The summed E-state index contributed by atoms with van der Waals surface area (Å²) >= 11 is 0. The first kappa shape index (κ1) is 20.6. The number of rotatable bonds is 9. The van der Waals surface area contributed by atoms with Crippen LogP contribution in [0.1, 0.15) is 32.6 Å². The first-order valence-corrected chi connectivity index (χ1v) is 9.16. The van der Waals surface area contributed by atoms with Crippen molar-refractivity contribution in [1.82, 2.24) is 10.2 Å². The summed E-state index contributed by atoms with van der Waals surface area (Å²) < 4.78 is 13.0. The summed E-state index contributed by atoms with van der Waals surface area (Å²) in [4.78, 5) is 37.9. The van der Waals surface area contributed by atoms with E-state index in [1.807, 2.05) is 6.92 Å². The van der Waals surface area contributed by atoms with Gasteiger partial charge >= 0.3 is 0 Å². The van der Waals surface area contributed by atoms with E-state index in [0.29, 0.717) is 31.5 Å². The standard InChI is InChI=1S/C20H26FN3O3/c1-3-4-5-15(11-22-13-25)20(27)24-12-14(2)10-18(24)19(26)23-17-8-6-16(21)7-9-17/h6-9,13,15,18H,2-5,10-12H2,1H3,(H,22,25)(H,23,26)/t15?,18-/m0/s1. The van der Waals surface area contributed by atoms with Gasteiger partial charge in [0.15, 0.2) is 0 Å². The highest BCUT2D eigenvalue weighted by atomic mass is 19.1. The van der Waals surface area contributed by atoms with Gasteiger partial charge in [-0.15, -0.1) is 0 Å². The Morgan fingerprint density at radius 3 is 2.70 bits per heavy atom. The third-order valence-corrected chi connectivity index (χ3v) is 4.65. The van der Waals surface area contributed by atoms with E-state index in [-0.39, 0.29) is 30.1 Å². The molecule has 0 aliphatic carbocycles. The lowest BCUT2D eigenvalue weighted by Crippen LogP contribution is -2.47. The van der Waals surface area contributed by atoms with Gasteiger partial charge < -0.3 is 15.5 Å². The molecule has 7 heteroatoms. The lowest BCUT2D eigenvalue weighted by molar-refractivity contribution is -0.140. The molecule has 1 aromatic rings. The minimum absolute atomic E-state index is 0.157. The van der Waals surface area contributed by atoms with Crippen LogP contribution in [0.4, 0.5) is 10.1 Å². The van der Waals surface area contributed by atoms with Gasteiger partial charge in [-0.3, -0.25) is 14.4 Å². The number of benzene rings is 1. The summed E-state index contributed by atoms with van der Waals surface area (Å²) in [6.45, 7) is 6.53. The van der Waals surface area contributed by atoms with Crippen LogP contribution in [0.2, 0.25) is 0 Å². The van der Waals surface area contributed by atoms with Crippen molar-refractivity contribution in [3.05, 3.63) is 42.2 Å². The number of carbonyl (C=O) groups excluding carboxylic acids is 3. The number of amides is 3. The predicted octanol–water partition coefficient (Wildman–Crippen LogP) is 2.47. The highest BCUT2D eigenvalue weighted by Crippen LogP contribution is 2.26. The predicted molar refractivity (Wildman–Crippen MR) is 101 cm³/mol. The Labute approximate surface area is 158 Å². The molecule has 0 spiro atoms. The largest absolute Gasteiger partial charge is 0.358 e. The number of anilines is 1. The monoisotopic (exact) mass is 375 g/mol. The summed E-state index contributed by atoms with van der Waals surface area (Å²) in [5.41, 5.74) is 1.27. The van der Waals surface area contributed by atoms with Crippen LogP contribution in [0.25, 0.3) is 0 Å². The molecule has 6 nitrogen and oxygen atoms in total. The molecule has 1 unspecified atom stereocenters. The number of halogens is 1. The Morgan fingerprint density at radius 1 is 1.37 bits per heavy atom. The number of unbranched alkanes of at least 4 members (excludes halogenated alkanes) is 1. The minimum atomic E-state index is -0.657. The summed E-state index contributed by atoms with van der Waals surface area (Å²) in [5.74, 6) is -1.25. The summed E-state index contributed by atoms with van der Waals surface area (Å²) in [6.07, 6.45) is 3.41. The van der Waals surface area contributed by atoms with Crippen LogP contribution < -0.4 is 10.6 Å². The molecular weight excluding hydrogens is 349 g/mol. The molecule has 0 radical (unpaired) electrons. The van der Waals surface area contributed by atoms with Crippen molar-refractivity contribution in [3.63, 3.8) is 0 Å². The van der Waals surface area contributed by atoms with Crippen LogP contribution in [0.15, 0.2) is 36.4 Å². The van der Waals surface area contributed by atoms with Gasteiger partial charge in [-0.1, -0.05) is 31.9 Å². The van der Waals surface area contributed by atoms with Gasteiger partial charge in [0.1, 0.15) is 11.9 Å². The van der Waals surface area contributed by atoms with E-state index in [0.717, 1.165) is 18.4 Å². The van der Waals surface area contributed by atoms with Crippen molar-refractivity contribution in [2.45, 2.75) is 38.6 Å². The second-order valence-electron chi connectivity index (χ2n) is 6.80. The topological polar surface area (TPSA) is 78.5 Å². The lowest BCUT2D eigenvalue weighted by atomic mass is 10.00. The lowest BCUT2D eigenvalue weighted by Gasteiger charge is -2.28. The Hall–Kier alpha value is -2.70. The molecule has 0 bridgehead atoms. The fourth-order valence-electron chi connectivity index (χ4n) is 3.21. The molecule has 1 aliphatic rings. The summed E-state index contributed by atoms with van der Waals surface area (Å²) in [7, 11) is 0. The first-order valence-electron chi connectivity index (χ1n) is 9.16. The zero-order chi connectivity index (χ0) is 19.8. The van der Waals surface area contributed by atoms with Crippen LogP contribution >= 0.6 is 0 Å². The Balaban J connectivity index is 2.10. The number of nitrogens with one attached hydrogen (secondary N) is 2. The highest BCUT2D eigenvalue weighted by Gasteiger charge is 2.38. The fraction of sp³-hybridized carbons (Fsp3) is 0.450. The van der Waals surface area contributed by atoms with Crippen molar-refractivity contribution in [2.24, 2.45) is 5.92 Å². The number of hydrogen-bond donors (Lipinski definition) is 2. The zero-order valence-corrected chi connectivity index (χ0v) is 15.5. The van der Waals surface area contributed by atoms with Crippen molar-refractivity contribution in [1.29, 1.82) is 0 Å². The number of likely N-dealkylation sites (tertiary alicyclic amines) is 1. The number of nitrogens with zero attached hydrogens (tertiary/aromatic N) is 1. The average molecular weight is 375 g/mol. The van der Waals surface area contributed by atoms with E-state index in [4.69, 9.17) is 0 Å². The van der Waals surface area contributed by atoms with Crippen LogP contribution in [0.3, 0.4) is 0 Å². The van der Waals surface area contributed by atoms with Crippen LogP contribution in [0.5, 0.6) is 0 Å². The molecule has 0 saturated carbocycles. The third-order valence-electron chi connectivity index (χ3n) is 4.65. The van der Waals surface area contributed by atoms with Crippen molar-refractivity contribution in [2.75, 3.05) is 18.4 Å². The molecule has 2 N–H and O–H groups in total. The van der Waals surface area contributed by atoms with E-state index in [9.17, 15) is 18.8 Å². The first-order chi connectivity index (χ1) is 13.0. The van der Waals surface area contributed by atoms with Gasteiger partial charge in [0.05, 0.1) is 5.92 Å². The zero-order valence-electron chi connectivity index (χ0n) is 15.5. The number of carbonyl (C=O) groups is 3. The Bertz CT molecular complexity index is 690. The van der Waals surface area contributed by atoms with Gasteiger partial charge in [0.2, 0.25) is 18.2 Å². The molecule has 1 fully saturated rings. The second kappa shape index (κ2) is 9.85. The van der Waals surface area contributed by atoms with Gasteiger partial charge in [-0.2, -0.15) is 0 Å². The maximum atomic E-state index is 13.0. The van der Waals surface area contributed by atoms with E-state index in [1.165, 1.54) is 29.2 Å². The molecule has 146 valence electrons. The summed E-state index contributed by atoms with van der Waals surface area (Å²) in [6, 6.07) is 4.81. The molecule has 27 heavy (non-hydrogen) atoms. The quantitative estimate of drug-likeness (QED) is 0.514. The van der Waals surface area contributed by atoms with Crippen LogP contribution in [0, 0.1) is 11.7 Å². The number of hydrogen-bond acceptors (Lipinski definition) is 3. The highest BCUT2D eigenvalue weighted by molar-refractivity contribution is 5.98. The molecule has 2 atom stereocenters. The molecular formula is C20H26FN3O3. The van der Waals surface area contributed by atoms with Gasteiger partial charge in [0, 0.05) is 18.8 Å². The van der Waals surface area contributed by atoms with E-state index >= 15 is 0 Å². The van der Waals surface area contributed by atoms with Gasteiger partial charge in [0.25, 0.3) is 0 Å². The van der Waals surface area contributed by atoms with Crippen LogP contribution in [-0.2, 0) is 14.4 Å². The van der Waals surface area contributed by atoms with Crippen molar-refractivity contribution < 1.29 is 18.8 Å². The second-order valence-corrected chi connectivity index (χ2v) is 6.80. The SMILES string of the molecule is C=C1C[C@@H](C(=O)Nc2ccc(F)cc2)N(C(=O)C(CCCC)CNC=O)C1. The summed E-state index contributed by atoms with van der Waals surface area (Å²) in [5, 5.41) is 5.30. The maximum Gasteiger partial charge on any atom is 0.247 e. The van der Waals surface area contributed by atoms with Crippen molar-refractivity contribution >= 4 is 23.9 Å². The Kier molecular flexibility index (Phi) is 7.52. The molecule has 1 aromatic carbocycles. The van der Waals surface area contributed by atoms with E-state index in [2.05, 4.69) is 17.2 Å². The molecule has 0 aromatic heterocycles. The van der Waals surface area contributed by atoms with E-state index < -0.39 is 6.04 Å². The molecule has 1 aliphatic heterocycles. The maximum absolute atomic E-state index is 13.0. The van der Waals surface area contributed by atoms with Crippen LogP contribution in [-0.4, -0.2) is 42.3 Å². The van der Waals surface area contributed by atoms with Crippen molar-refractivity contribution in [3.8, 4) is 0 Å². The van der Waals surface area contributed by atoms with E-state index in [1.54, 1.807) is 0 Å². The van der Waals surface area contributed by atoms with Gasteiger partial charge in [-0.05, 0) is 37.1 Å². The molecule has 2 rings (SSSR count). The molecule has 1 heterocycles. The minimum Gasteiger partial charge on any atom is -0.358 e. The van der Waals surface area contributed by atoms with Gasteiger partial charge in [-0.25, -0.2) is 4.39 Å². The molecule has 1 saturated heterocycles. The smallest absolute Gasteiger partial charge is 0.247 e. The Morgan fingerprint density at radius 2 is 2.07 bits per heavy atom. The normalized spacial score (nSPS) is 17.5.